The average Bonchev–Trinajstić information content (AvgIpc) is 3.92. The van der Waals surface area contributed by atoms with Gasteiger partial charge in [0.05, 0.1) is 40.5 Å². The summed E-state index contributed by atoms with van der Waals surface area (Å²) in [4.78, 5) is 14.7. The zero-order valence-corrected chi connectivity index (χ0v) is 37.9. The van der Waals surface area contributed by atoms with Crippen molar-refractivity contribution < 1.29 is 0 Å². The van der Waals surface area contributed by atoms with Crippen molar-refractivity contribution in [2.45, 2.75) is 92.3 Å². The Balaban J connectivity index is 1.26. The van der Waals surface area contributed by atoms with Crippen LogP contribution >= 0.6 is 0 Å². The average molecular weight is 840 g/mol. The van der Waals surface area contributed by atoms with E-state index in [1.165, 1.54) is 28.9 Å². The van der Waals surface area contributed by atoms with Gasteiger partial charge in [0.2, 0.25) is 5.95 Å². The van der Waals surface area contributed by atoms with E-state index in [0.29, 0.717) is 43.0 Å². The first kappa shape index (κ1) is 44.4. The number of fused-ring (bicyclic) bond motifs is 1. The molecule has 2 aromatic carbocycles. The van der Waals surface area contributed by atoms with Crippen LogP contribution in [-0.4, -0.2) is 87.2 Å². The largest absolute Gasteiger partial charge is 0.399 e. The fraction of sp³-hybridized carbons (Fsp3) is 0.469. The van der Waals surface area contributed by atoms with E-state index in [9.17, 15) is 0 Å². The Labute approximate surface area is 368 Å². The van der Waals surface area contributed by atoms with Crippen molar-refractivity contribution in [2.24, 2.45) is 28.3 Å². The summed E-state index contributed by atoms with van der Waals surface area (Å²) in [6.45, 7) is 28.2. The third-order valence-electron chi connectivity index (χ3n) is 12.6. The number of aryl methyl sites for hydroxylation is 6. The molecule has 1 atom stereocenters. The normalized spacial score (nSPS) is 17.0. The molecule has 1 saturated heterocycles. The van der Waals surface area contributed by atoms with Crippen LogP contribution in [0.1, 0.15) is 78.1 Å². The molecule has 5 heterocycles. The zero-order chi connectivity index (χ0) is 43.9. The molecule has 2 aliphatic heterocycles. The van der Waals surface area contributed by atoms with Crippen LogP contribution in [-0.2, 0) is 45.3 Å². The first-order valence-corrected chi connectivity index (χ1v) is 22.6. The third kappa shape index (κ3) is 10.3. The lowest BCUT2D eigenvalue weighted by Gasteiger charge is -2.38. The van der Waals surface area contributed by atoms with Crippen LogP contribution < -0.4 is 27.0 Å². The van der Waals surface area contributed by atoms with Crippen LogP contribution in [0.4, 0.5) is 17.3 Å². The van der Waals surface area contributed by atoms with Gasteiger partial charge in [0, 0.05) is 88.0 Å². The fourth-order valence-electron chi connectivity index (χ4n) is 9.63. The van der Waals surface area contributed by atoms with E-state index in [0.717, 1.165) is 129 Å². The van der Waals surface area contributed by atoms with Crippen molar-refractivity contribution in [2.75, 3.05) is 56.7 Å². The first-order valence-electron chi connectivity index (χ1n) is 22.6. The predicted octanol–water partition coefficient (Wildman–Crippen LogP) is 7.23. The maximum absolute atomic E-state index is 6.42. The van der Waals surface area contributed by atoms with Gasteiger partial charge in [0.1, 0.15) is 0 Å². The Morgan fingerprint density at radius 2 is 1.42 bits per heavy atom. The highest BCUT2D eigenvalue weighted by atomic mass is 15.3. The SMILES string of the molecule is C=Nc1cc(C(=C)N)cc2c1N(CNCCc1cc(C)nn1CC)C/C=C/Cn1c(NCCc3cc(C)nn3CC)nc3cc(C(=C)N)cc(c31)CCC(CC1CN(C)C1)CC2. The zero-order valence-electron chi connectivity index (χ0n) is 37.9. The molecule has 0 aliphatic carbocycles. The number of aliphatic imine (C=N–C) groups is 1. The minimum atomic E-state index is 0.494. The molecular weight excluding hydrogens is 771 g/mol. The summed E-state index contributed by atoms with van der Waals surface area (Å²) in [7, 11) is 2.22. The minimum absolute atomic E-state index is 0.494. The molecule has 0 saturated carbocycles. The number of likely N-dealkylation sites (tertiary alicyclic amines) is 1. The Morgan fingerprint density at radius 3 is 2.05 bits per heavy atom. The summed E-state index contributed by atoms with van der Waals surface area (Å²) < 4.78 is 6.54. The lowest BCUT2D eigenvalue weighted by Crippen LogP contribution is -2.44. The summed E-state index contributed by atoms with van der Waals surface area (Å²) in [5.41, 5.74) is 26.8. The van der Waals surface area contributed by atoms with Gasteiger partial charge in [-0.3, -0.25) is 19.7 Å². The number of rotatable bonds is 16. The smallest absolute Gasteiger partial charge is 0.204 e. The Hall–Kier alpha value is -5.66. The molecule has 1 unspecified atom stereocenters. The summed E-state index contributed by atoms with van der Waals surface area (Å²) in [5, 5.41) is 16.9. The van der Waals surface area contributed by atoms with Crippen molar-refractivity contribution in [1.82, 2.24) is 39.3 Å². The van der Waals surface area contributed by atoms with Crippen molar-refractivity contribution in [3.63, 3.8) is 0 Å². The van der Waals surface area contributed by atoms with Gasteiger partial charge < -0.3 is 31.2 Å². The molecule has 1 fully saturated rings. The van der Waals surface area contributed by atoms with Gasteiger partial charge in [0.25, 0.3) is 0 Å². The lowest BCUT2D eigenvalue weighted by atomic mass is 9.82. The van der Waals surface area contributed by atoms with E-state index in [1.807, 2.05) is 6.07 Å². The molecular formula is C49H69N13. The van der Waals surface area contributed by atoms with Gasteiger partial charge in [-0.2, -0.15) is 10.2 Å². The van der Waals surface area contributed by atoms with E-state index in [-0.39, 0.29) is 0 Å². The van der Waals surface area contributed by atoms with Gasteiger partial charge >= 0.3 is 0 Å². The van der Waals surface area contributed by atoms with Gasteiger partial charge in [-0.15, -0.1) is 0 Å². The van der Waals surface area contributed by atoms with Crippen molar-refractivity contribution in [3.05, 3.63) is 107 Å². The molecule has 330 valence electrons. The Morgan fingerprint density at radius 1 is 0.806 bits per heavy atom. The predicted molar refractivity (Wildman–Crippen MR) is 258 cm³/mol. The molecule has 0 amide bonds. The number of hydrogen-bond donors (Lipinski definition) is 4. The number of imidazole rings is 1. The second-order valence-electron chi connectivity index (χ2n) is 17.5. The number of nitrogens with one attached hydrogen (secondary N) is 2. The highest BCUT2D eigenvalue weighted by molar-refractivity contribution is 5.86. The second-order valence-corrected chi connectivity index (χ2v) is 17.5. The van der Waals surface area contributed by atoms with Gasteiger partial charge in [0.15, 0.2) is 0 Å². The lowest BCUT2D eigenvalue weighted by molar-refractivity contribution is 0.107. The maximum Gasteiger partial charge on any atom is 0.204 e. The fourth-order valence-corrected chi connectivity index (χ4v) is 9.63. The van der Waals surface area contributed by atoms with Gasteiger partial charge in [-0.05, 0) is 144 Å². The van der Waals surface area contributed by atoms with Gasteiger partial charge in [-0.25, -0.2) is 4.98 Å². The van der Waals surface area contributed by atoms with Crippen LogP contribution in [0.25, 0.3) is 22.4 Å². The summed E-state index contributed by atoms with van der Waals surface area (Å²) >= 11 is 0. The number of anilines is 2. The third-order valence-corrected chi connectivity index (χ3v) is 12.6. The van der Waals surface area contributed by atoms with Crippen LogP contribution in [0.3, 0.4) is 0 Å². The molecule has 62 heavy (non-hydrogen) atoms. The molecule has 6 N–H and O–H groups in total. The van der Waals surface area contributed by atoms with Gasteiger partial charge in [-0.1, -0.05) is 25.3 Å². The van der Waals surface area contributed by atoms with Crippen molar-refractivity contribution in [1.29, 1.82) is 0 Å². The van der Waals surface area contributed by atoms with E-state index in [1.54, 1.807) is 0 Å². The van der Waals surface area contributed by atoms with Crippen LogP contribution in [0.15, 0.2) is 66.7 Å². The number of benzene rings is 2. The Bertz CT molecular complexity index is 2400. The topological polar surface area (TPSA) is 148 Å². The molecule has 0 radical (unpaired) electrons. The summed E-state index contributed by atoms with van der Waals surface area (Å²) in [6, 6.07) is 13.0. The highest BCUT2D eigenvalue weighted by Crippen LogP contribution is 2.38. The number of nitrogens with zero attached hydrogens (tertiary/aromatic N) is 9. The maximum atomic E-state index is 6.42. The van der Waals surface area contributed by atoms with Crippen LogP contribution in [0.2, 0.25) is 0 Å². The number of nitrogens with two attached hydrogens (primary N) is 2. The van der Waals surface area contributed by atoms with Crippen molar-refractivity contribution in [3.8, 4) is 0 Å². The monoisotopic (exact) mass is 840 g/mol. The number of allylic oxidation sites excluding steroid dienone is 1. The molecule has 13 nitrogen and oxygen atoms in total. The van der Waals surface area contributed by atoms with Crippen molar-refractivity contribution >= 4 is 46.5 Å². The van der Waals surface area contributed by atoms with E-state index in [2.05, 4.69) is 147 Å². The summed E-state index contributed by atoms with van der Waals surface area (Å²) in [5.74, 6) is 2.03. The Kier molecular flexibility index (Phi) is 14.3. The second kappa shape index (κ2) is 20.0. The molecule has 5 aromatic rings. The molecule has 13 heteroatoms. The molecule has 2 aliphatic rings. The molecule has 7 rings (SSSR count). The molecule has 0 spiro atoms. The van der Waals surface area contributed by atoms with E-state index in [4.69, 9.17) is 16.5 Å². The summed E-state index contributed by atoms with van der Waals surface area (Å²) in [6.07, 6.45) is 11.3. The van der Waals surface area contributed by atoms with Crippen LogP contribution in [0.5, 0.6) is 0 Å². The number of aromatic nitrogens is 6. The molecule has 3 aromatic heterocycles. The highest BCUT2D eigenvalue weighted by Gasteiger charge is 2.28. The van der Waals surface area contributed by atoms with E-state index < -0.39 is 0 Å². The standard InChI is InChI=1S/C49H69N13/c1-9-61-43(23-33(3)56-61)17-19-53-32-59-21-11-12-22-60-48-40(27-42(36(6)51)29-46(48)55-49(60)54-20-18-44-24-34(4)57-62(44)10-2)16-14-37(25-38-30-58(8)31-38)13-15-39-26-41(35(5)50)28-45(52-7)47(39)59/h11-12,23-24,26-29,37-38,53H,5-7,9-10,13-22,25,30-32,50-51H2,1-4,8H3,(H,54,55)/b12-11+. The minimum Gasteiger partial charge on any atom is -0.399 e. The molecule has 0 bridgehead atoms. The number of hydrogen-bond acceptors (Lipinski definition) is 10. The van der Waals surface area contributed by atoms with E-state index >= 15 is 0 Å². The first-order chi connectivity index (χ1) is 29.9. The quantitative estimate of drug-likeness (QED) is 0.0459. The van der Waals surface area contributed by atoms with Crippen LogP contribution in [0, 0.1) is 25.7 Å².